The molecule has 0 amide bonds. The van der Waals surface area contributed by atoms with E-state index >= 15 is 0 Å². The van der Waals surface area contributed by atoms with Crippen molar-refractivity contribution in [2.24, 2.45) is 5.73 Å². The highest BCUT2D eigenvalue weighted by molar-refractivity contribution is 7.13. The summed E-state index contributed by atoms with van der Waals surface area (Å²) in [5.41, 5.74) is 7.14. The molecule has 0 unspecified atom stereocenters. The van der Waals surface area contributed by atoms with Gasteiger partial charge in [0.1, 0.15) is 10.7 Å². The summed E-state index contributed by atoms with van der Waals surface area (Å²) in [6, 6.07) is 6.25. The number of aromatic nitrogens is 3. The number of nitrogens with two attached hydrogens (primary N) is 1. The first-order valence-corrected chi connectivity index (χ1v) is 8.27. The van der Waals surface area contributed by atoms with E-state index in [0.717, 1.165) is 29.8 Å². The number of benzene rings is 1. The molecule has 1 fully saturated rings. The van der Waals surface area contributed by atoms with Crippen LogP contribution in [-0.2, 0) is 5.54 Å². The van der Waals surface area contributed by atoms with Gasteiger partial charge < -0.3 is 10.3 Å². The number of nitrogens with zero attached hydrogens (tertiary/aromatic N) is 4. The van der Waals surface area contributed by atoms with Crippen molar-refractivity contribution in [3.8, 4) is 22.2 Å². The van der Waals surface area contributed by atoms with E-state index in [9.17, 15) is 10.1 Å². The first-order valence-electron chi connectivity index (χ1n) is 7.39. The van der Waals surface area contributed by atoms with Gasteiger partial charge in [-0.3, -0.25) is 10.1 Å². The van der Waals surface area contributed by atoms with Gasteiger partial charge in [-0.2, -0.15) is 4.98 Å². The lowest BCUT2D eigenvalue weighted by Crippen LogP contribution is -2.44. The average Bonchev–Trinajstić information content (AvgIpc) is 3.22. The molecule has 9 heteroatoms. The van der Waals surface area contributed by atoms with Gasteiger partial charge in [-0.15, -0.1) is 11.3 Å². The number of hydrogen-bond acceptors (Lipinski definition) is 8. The monoisotopic (exact) mass is 343 g/mol. The molecule has 0 aliphatic heterocycles. The molecular formula is C15H13N5O3S. The number of nitro groups is 1. The first kappa shape index (κ1) is 14.9. The maximum Gasteiger partial charge on any atom is 0.277 e. The van der Waals surface area contributed by atoms with Crippen molar-refractivity contribution in [1.82, 2.24) is 15.1 Å². The molecule has 2 heterocycles. The summed E-state index contributed by atoms with van der Waals surface area (Å²) in [5, 5.41) is 17.2. The molecule has 0 radical (unpaired) electrons. The molecule has 2 aromatic heterocycles. The Morgan fingerprint density at radius 2 is 2.00 bits per heavy atom. The van der Waals surface area contributed by atoms with E-state index in [0.29, 0.717) is 17.4 Å². The smallest absolute Gasteiger partial charge is 0.277 e. The van der Waals surface area contributed by atoms with Crippen LogP contribution in [0.5, 0.6) is 0 Å². The van der Waals surface area contributed by atoms with Crippen molar-refractivity contribution in [3.05, 3.63) is 45.6 Å². The third kappa shape index (κ3) is 2.47. The summed E-state index contributed by atoms with van der Waals surface area (Å²) in [7, 11) is 0. The number of rotatable bonds is 4. The third-order valence-electron chi connectivity index (χ3n) is 4.17. The van der Waals surface area contributed by atoms with Gasteiger partial charge in [-0.05, 0) is 31.4 Å². The fourth-order valence-corrected chi connectivity index (χ4v) is 3.34. The van der Waals surface area contributed by atoms with Gasteiger partial charge in [0.2, 0.25) is 0 Å². The third-order valence-corrected chi connectivity index (χ3v) is 5.06. The second-order valence-corrected chi connectivity index (χ2v) is 6.63. The van der Waals surface area contributed by atoms with Crippen LogP contribution >= 0.6 is 11.3 Å². The lowest BCUT2D eigenvalue weighted by molar-refractivity contribution is -0.384. The van der Waals surface area contributed by atoms with E-state index in [4.69, 9.17) is 10.3 Å². The Balaban J connectivity index is 1.59. The zero-order valence-electron chi connectivity index (χ0n) is 12.5. The minimum absolute atomic E-state index is 0.0471. The number of non-ortho nitro benzene ring substituents is 1. The summed E-state index contributed by atoms with van der Waals surface area (Å²) in [5.74, 6) is 0.861. The first-order chi connectivity index (χ1) is 11.5. The summed E-state index contributed by atoms with van der Waals surface area (Å²) in [4.78, 5) is 19.1. The predicted molar refractivity (Wildman–Crippen MR) is 87.2 cm³/mol. The Morgan fingerprint density at radius 3 is 2.62 bits per heavy atom. The van der Waals surface area contributed by atoms with Crippen LogP contribution in [0.25, 0.3) is 22.2 Å². The van der Waals surface area contributed by atoms with Crippen molar-refractivity contribution in [3.63, 3.8) is 0 Å². The Bertz CT molecular complexity index is 898. The zero-order chi connectivity index (χ0) is 16.7. The summed E-state index contributed by atoms with van der Waals surface area (Å²) in [6.07, 6.45) is 2.79. The second kappa shape index (κ2) is 5.46. The van der Waals surface area contributed by atoms with Gasteiger partial charge in [0.25, 0.3) is 11.6 Å². The Kier molecular flexibility index (Phi) is 3.39. The molecule has 0 bridgehead atoms. The van der Waals surface area contributed by atoms with E-state index in [1.165, 1.54) is 23.5 Å². The fourth-order valence-electron chi connectivity index (χ4n) is 2.54. The molecule has 122 valence electrons. The molecule has 24 heavy (non-hydrogen) atoms. The molecular weight excluding hydrogens is 330 g/mol. The summed E-state index contributed by atoms with van der Waals surface area (Å²) < 4.78 is 5.29. The normalized spacial score (nSPS) is 15.9. The highest BCUT2D eigenvalue weighted by atomic mass is 32.1. The van der Waals surface area contributed by atoms with E-state index in [2.05, 4.69) is 15.1 Å². The molecule has 1 aromatic carbocycles. The SMILES string of the molecule is NC1(c2noc(-c3csc(-c4ccc([N+](=O)[O-])cc4)n3)n2)CCC1. The standard InChI is InChI=1S/C15H13N5O3S/c16-15(6-1-7-15)14-18-12(23-19-14)11-8-24-13(17-11)9-2-4-10(5-3-9)20(21)22/h2-5,8H,1,6-7,16H2. The van der Waals surface area contributed by atoms with Crippen LogP contribution < -0.4 is 5.73 Å². The largest absolute Gasteiger partial charge is 0.332 e. The van der Waals surface area contributed by atoms with Crippen LogP contribution in [0.4, 0.5) is 5.69 Å². The van der Waals surface area contributed by atoms with Crippen LogP contribution in [-0.4, -0.2) is 20.0 Å². The lowest BCUT2D eigenvalue weighted by Gasteiger charge is -2.34. The maximum atomic E-state index is 10.7. The van der Waals surface area contributed by atoms with Gasteiger partial charge in [-0.1, -0.05) is 5.16 Å². The van der Waals surface area contributed by atoms with E-state index in [1.807, 2.05) is 5.38 Å². The number of nitro benzene ring substituents is 1. The van der Waals surface area contributed by atoms with Crippen molar-refractivity contribution in [2.45, 2.75) is 24.8 Å². The average molecular weight is 343 g/mol. The Hall–Kier alpha value is -2.65. The summed E-state index contributed by atoms with van der Waals surface area (Å²) >= 11 is 1.41. The van der Waals surface area contributed by atoms with Gasteiger partial charge in [-0.25, -0.2) is 4.98 Å². The van der Waals surface area contributed by atoms with Crippen molar-refractivity contribution >= 4 is 17.0 Å². The van der Waals surface area contributed by atoms with Gasteiger partial charge in [0, 0.05) is 23.1 Å². The molecule has 2 N–H and O–H groups in total. The van der Waals surface area contributed by atoms with Crippen molar-refractivity contribution < 1.29 is 9.45 Å². The highest BCUT2D eigenvalue weighted by Gasteiger charge is 2.39. The van der Waals surface area contributed by atoms with Crippen LogP contribution in [0.15, 0.2) is 34.2 Å². The minimum Gasteiger partial charge on any atom is -0.332 e. The van der Waals surface area contributed by atoms with E-state index < -0.39 is 10.5 Å². The quantitative estimate of drug-likeness (QED) is 0.570. The van der Waals surface area contributed by atoms with Crippen LogP contribution in [0.2, 0.25) is 0 Å². The molecule has 1 saturated carbocycles. The van der Waals surface area contributed by atoms with Crippen LogP contribution in [0.3, 0.4) is 0 Å². The summed E-state index contributed by atoms with van der Waals surface area (Å²) in [6.45, 7) is 0. The van der Waals surface area contributed by atoms with E-state index in [-0.39, 0.29) is 5.69 Å². The van der Waals surface area contributed by atoms with Crippen LogP contribution in [0, 0.1) is 10.1 Å². The molecule has 1 aliphatic carbocycles. The number of hydrogen-bond donors (Lipinski definition) is 1. The van der Waals surface area contributed by atoms with Gasteiger partial charge >= 0.3 is 0 Å². The van der Waals surface area contributed by atoms with Crippen molar-refractivity contribution in [2.75, 3.05) is 0 Å². The van der Waals surface area contributed by atoms with Gasteiger partial charge in [0.05, 0.1) is 10.5 Å². The van der Waals surface area contributed by atoms with Crippen molar-refractivity contribution in [1.29, 1.82) is 0 Å². The Labute approximate surface area is 140 Å². The molecule has 0 atom stereocenters. The minimum atomic E-state index is -0.473. The molecule has 4 rings (SSSR count). The second-order valence-electron chi connectivity index (χ2n) is 5.77. The van der Waals surface area contributed by atoms with Crippen LogP contribution in [0.1, 0.15) is 25.1 Å². The predicted octanol–water partition coefficient (Wildman–Crippen LogP) is 3.11. The Morgan fingerprint density at radius 1 is 1.25 bits per heavy atom. The molecule has 3 aromatic rings. The number of thiazole rings is 1. The van der Waals surface area contributed by atoms with E-state index in [1.54, 1.807) is 12.1 Å². The topological polar surface area (TPSA) is 121 Å². The molecule has 8 nitrogen and oxygen atoms in total. The lowest BCUT2D eigenvalue weighted by atomic mass is 9.77. The molecule has 0 saturated heterocycles. The van der Waals surface area contributed by atoms with Gasteiger partial charge in [0.15, 0.2) is 5.82 Å². The fraction of sp³-hybridized carbons (Fsp3) is 0.267. The zero-order valence-corrected chi connectivity index (χ0v) is 13.3. The molecule has 0 spiro atoms. The highest BCUT2D eigenvalue weighted by Crippen LogP contribution is 2.38. The maximum absolute atomic E-state index is 10.7. The molecule has 1 aliphatic rings.